The van der Waals surface area contributed by atoms with Crippen LogP contribution < -0.4 is 5.32 Å². The number of nitrogens with zero attached hydrogens (tertiary/aromatic N) is 3. The largest absolute Gasteiger partial charge is 0.393 e. The maximum atomic E-state index is 12.2. The maximum absolute atomic E-state index is 12.2. The second-order valence-electron chi connectivity index (χ2n) is 6.76. The molecule has 2 rings (SSSR count). The normalized spacial score (nSPS) is 12.2. The van der Waals surface area contributed by atoms with Crippen molar-refractivity contribution in [2.24, 2.45) is 0 Å². The number of carbonyl (C=O) groups is 1. The molecule has 1 unspecified atom stereocenters. The Kier molecular flexibility index (Phi) is 6.58. The number of anilines is 1. The number of carbonyl (C=O) groups excluding carboxylic acids is 1. The summed E-state index contributed by atoms with van der Waals surface area (Å²) in [6.07, 6.45) is 3.94. The third-order valence-corrected chi connectivity index (χ3v) is 4.02. The van der Waals surface area contributed by atoms with Crippen molar-refractivity contribution >= 4 is 11.7 Å². The van der Waals surface area contributed by atoms with Crippen LogP contribution in [0.3, 0.4) is 0 Å². The molecule has 0 aliphatic rings. The number of aliphatic hydroxyl groups excluding tert-OH is 1. The molecule has 2 amide bonds. The van der Waals surface area contributed by atoms with Gasteiger partial charge >= 0.3 is 6.03 Å². The van der Waals surface area contributed by atoms with E-state index >= 15 is 0 Å². The number of aliphatic hydroxyl groups is 1. The second-order valence-corrected chi connectivity index (χ2v) is 6.76. The van der Waals surface area contributed by atoms with Crippen LogP contribution in [0.15, 0.2) is 36.7 Å². The third kappa shape index (κ3) is 5.60. The Hall–Kier alpha value is -2.34. The predicted octanol–water partition coefficient (Wildman–Crippen LogP) is 3.29. The molecule has 6 heteroatoms. The fourth-order valence-corrected chi connectivity index (χ4v) is 2.60. The molecule has 0 aliphatic carbocycles. The van der Waals surface area contributed by atoms with Crippen molar-refractivity contribution < 1.29 is 9.90 Å². The van der Waals surface area contributed by atoms with Gasteiger partial charge in [-0.05, 0) is 31.0 Å². The summed E-state index contributed by atoms with van der Waals surface area (Å²) in [7, 11) is 1.72. The van der Waals surface area contributed by atoms with Gasteiger partial charge in [0, 0.05) is 44.1 Å². The predicted molar refractivity (Wildman–Crippen MR) is 99.8 cm³/mol. The van der Waals surface area contributed by atoms with Gasteiger partial charge in [-0.3, -0.25) is 0 Å². The first-order chi connectivity index (χ1) is 11.9. The molecule has 25 heavy (non-hydrogen) atoms. The monoisotopic (exact) mass is 344 g/mol. The summed E-state index contributed by atoms with van der Waals surface area (Å²) >= 11 is 0. The zero-order valence-corrected chi connectivity index (χ0v) is 15.4. The van der Waals surface area contributed by atoms with Gasteiger partial charge in [0.25, 0.3) is 0 Å². The Morgan fingerprint density at radius 2 is 2.12 bits per heavy atom. The lowest BCUT2D eigenvalue weighted by Gasteiger charge is -2.19. The molecule has 6 nitrogen and oxygen atoms in total. The number of urea groups is 1. The first kappa shape index (κ1) is 19.0. The Labute approximate surface area is 149 Å². The number of nitrogens with one attached hydrogen (secondary N) is 1. The van der Waals surface area contributed by atoms with E-state index in [4.69, 9.17) is 0 Å². The third-order valence-electron chi connectivity index (χ3n) is 4.02. The van der Waals surface area contributed by atoms with Gasteiger partial charge < -0.3 is 19.9 Å². The van der Waals surface area contributed by atoms with Crippen LogP contribution in [0.1, 0.15) is 44.5 Å². The van der Waals surface area contributed by atoms with Gasteiger partial charge in [-0.1, -0.05) is 26.0 Å². The van der Waals surface area contributed by atoms with E-state index in [1.54, 1.807) is 18.9 Å². The van der Waals surface area contributed by atoms with Crippen molar-refractivity contribution in [1.82, 2.24) is 14.5 Å². The smallest absolute Gasteiger partial charge is 0.321 e. The number of benzene rings is 1. The number of amides is 2. The Morgan fingerprint density at radius 1 is 1.36 bits per heavy atom. The molecule has 2 aromatic rings. The highest BCUT2D eigenvalue weighted by atomic mass is 16.3. The molecular formula is C19H28N4O2. The maximum Gasteiger partial charge on any atom is 0.321 e. The molecule has 1 atom stereocenters. The lowest BCUT2D eigenvalue weighted by Crippen LogP contribution is -2.33. The molecule has 2 N–H and O–H groups in total. The Morgan fingerprint density at radius 3 is 2.80 bits per heavy atom. The lowest BCUT2D eigenvalue weighted by atomic mass is 10.1. The molecule has 1 heterocycles. The molecule has 0 spiro atoms. The summed E-state index contributed by atoms with van der Waals surface area (Å²) in [6, 6.07) is 7.65. The first-order valence-electron chi connectivity index (χ1n) is 8.67. The van der Waals surface area contributed by atoms with Crippen LogP contribution in [0.25, 0.3) is 0 Å². The van der Waals surface area contributed by atoms with Gasteiger partial charge in [0.15, 0.2) is 0 Å². The molecule has 0 saturated heterocycles. The SMILES string of the molecule is CC(O)CCN(C)C(=O)Nc1cccc(Cn2ccnc2C(C)C)c1. The van der Waals surface area contributed by atoms with Crippen molar-refractivity contribution in [3.05, 3.63) is 48.0 Å². The van der Waals surface area contributed by atoms with E-state index in [1.807, 2.05) is 36.7 Å². The molecule has 0 radical (unpaired) electrons. The Balaban J connectivity index is 2.01. The molecule has 136 valence electrons. The summed E-state index contributed by atoms with van der Waals surface area (Å²) in [5.74, 6) is 1.41. The van der Waals surface area contributed by atoms with Gasteiger partial charge in [-0.25, -0.2) is 9.78 Å². The van der Waals surface area contributed by atoms with Crippen LogP contribution >= 0.6 is 0 Å². The highest BCUT2D eigenvalue weighted by molar-refractivity contribution is 5.89. The van der Waals surface area contributed by atoms with E-state index in [-0.39, 0.29) is 6.03 Å². The first-order valence-corrected chi connectivity index (χ1v) is 8.67. The van der Waals surface area contributed by atoms with Crippen LogP contribution in [0, 0.1) is 0 Å². The average Bonchev–Trinajstić information content (AvgIpc) is 3.01. The van der Waals surface area contributed by atoms with Crippen molar-refractivity contribution in [2.45, 2.75) is 45.8 Å². The van der Waals surface area contributed by atoms with Crippen molar-refractivity contribution in [2.75, 3.05) is 18.9 Å². The van der Waals surface area contributed by atoms with E-state index < -0.39 is 6.10 Å². The minimum Gasteiger partial charge on any atom is -0.393 e. The number of hydrogen-bond donors (Lipinski definition) is 2. The van der Waals surface area contributed by atoms with Crippen LogP contribution in [0.4, 0.5) is 10.5 Å². The van der Waals surface area contributed by atoms with E-state index in [2.05, 4.69) is 28.7 Å². The fourth-order valence-electron chi connectivity index (χ4n) is 2.60. The molecule has 1 aromatic heterocycles. The van der Waals surface area contributed by atoms with Crippen molar-refractivity contribution in [3.63, 3.8) is 0 Å². The van der Waals surface area contributed by atoms with Gasteiger partial charge in [0.05, 0.1) is 6.10 Å². The van der Waals surface area contributed by atoms with Crippen LogP contribution in [-0.4, -0.2) is 45.3 Å². The van der Waals surface area contributed by atoms with Gasteiger partial charge in [0.2, 0.25) is 0 Å². The topological polar surface area (TPSA) is 70.4 Å². The molecule has 1 aromatic carbocycles. The Bertz CT molecular complexity index is 694. The highest BCUT2D eigenvalue weighted by Crippen LogP contribution is 2.16. The van der Waals surface area contributed by atoms with E-state index in [0.29, 0.717) is 18.9 Å². The zero-order chi connectivity index (χ0) is 18.4. The molecule has 0 bridgehead atoms. The molecule has 0 aliphatic heterocycles. The summed E-state index contributed by atoms with van der Waals surface area (Å²) in [5, 5.41) is 12.2. The van der Waals surface area contributed by atoms with E-state index in [1.165, 1.54) is 0 Å². The number of imidazole rings is 1. The molecule has 0 fully saturated rings. The van der Waals surface area contributed by atoms with Crippen molar-refractivity contribution in [1.29, 1.82) is 0 Å². The number of aromatic nitrogens is 2. The molecule has 0 saturated carbocycles. The van der Waals surface area contributed by atoms with Gasteiger partial charge in [-0.2, -0.15) is 0 Å². The average molecular weight is 344 g/mol. The minimum absolute atomic E-state index is 0.177. The standard InChI is InChI=1S/C19H28N4O2/c1-14(2)18-20-9-11-23(18)13-16-6-5-7-17(12-16)21-19(25)22(4)10-8-15(3)24/h5-7,9,11-12,14-15,24H,8,10,13H2,1-4H3,(H,21,25). The van der Waals surface area contributed by atoms with E-state index in [9.17, 15) is 9.90 Å². The van der Waals surface area contributed by atoms with Gasteiger partial charge in [-0.15, -0.1) is 0 Å². The summed E-state index contributed by atoms with van der Waals surface area (Å²) in [5.41, 5.74) is 1.86. The van der Waals surface area contributed by atoms with Crippen molar-refractivity contribution in [3.8, 4) is 0 Å². The van der Waals surface area contributed by atoms with Crippen LogP contribution in [0.2, 0.25) is 0 Å². The lowest BCUT2D eigenvalue weighted by molar-refractivity contribution is 0.167. The number of rotatable bonds is 7. The summed E-state index contributed by atoms with van der Waals surface area (Å²) in [6.45, 7) is 7.19. The van der Waals surface area contributed by atoms with Crippen LogP contribution in [0.5, 0.6) is 0 Å². The quantitative estimate of drug-likeness (QED) is 0.810. The number of hydrogen-bond acceptors (Lipinski definition) is 3. The van der Waals surface area contributed by atoms with Crippen LogP contribution in [-0.2, 0) is 6.54 Å². The van der Waals surface area contributed by atoms with E-state index in [0.717, 1.165) is 23.6 Å². The summed E-state index contributed by atoms with van der Waals surface area (Å²) in [4.78, 5) is 18.2. The second kappa shape index (κ2) is 8.67. The minimum atomic E-state index is -0.413. The van der Waals surface area contributed by atoms with Gasteiger partial charge in [0.1, 0.15) is 5.82 Å². The zero-order valence-electron chi connectivity index (χ0n) is 15.4. The summed E-state index contributed by atoms with van der Waals surface area (Å²) < 4.78 is 2.13. The molecular weight excluding hydrogens is 316 g/mol. The highest BCUT2D eigenvalue weighted by Gasteiger charge is 2.11. The fraction of sp³-hybridized carbons (Fsp3) is 0.474.